The Balaban J connectivity index is 2.39. The molecule has 0 atom stereocenters. The Hall–Kier alpha value is -2.17. The van der Waals surface area contributed by atoms with Crippen molar-refractivity contribution in [3.8, 4) is 0 Å². The average Bonchev–Trinajstić information content (AvgIpc) is 2.70. The van der Waals surface area contributed by atoms with E-state index in [-0.39, 0.29) is 12.2 Å². The second-order valence-corrected chi connectivity index (χ2v) is 3.53. The van der Waals surface area contributed by atoms with Gasteiger partial charge in [0.1, 0.15) is 0 Å². The maximum absolute atomic E-state index is 11.7. The summed E-state index contributed by atoms with van der Waals surface area (Å²) in [6.07, 6.45) is 0. The summed E-state index contributed by atoms with van der Waals surface area (Å²) in [7, 11) is 0. The molecule has 0 aliphatic heterocycles. The molecule has 0 saturated heterocycles. The van der Waals surface area contributed by atoms with E-state index in [4.69, 9.17) is 4.52 Å². The lowest BCUT2D eigenvalue weighted by atomic mass is 10.1. The maximum Gasteiger partial charge on any atom is 0.379 e. The Kier molecular flexibility index (Phi) is 2.91. The molecule has 0 unspecified atom stereocenters. The number of aryl methyl sites for hydroxylation is 1. The molecule has 1 heterocycles. The van der Waals surface area contributed by atoms with Crippen molar-refractivity contribution in [3.63, 3.8) is 0 Å². The molecule has 2 rings (SSSR count). The number of Topliss-reactive ketones (excluding diaryl/α,β-unsaturated/α-hetero) is 1. The Morgan fingerprint density at radius 1 is 1.41 bits per heavy atom. The molecular formula is C12H11NO4. The zero-order valence-corrected chi connectivity index (χ0v) is 9.52. The van der Waals surface area contributed by atoms with E-state index in [1.165, 1.54) is 6.07 Å². The molecule has 0 N–H and O–H groups in total. The van der Waals surface area contributed by atoms with Crippen molar-refractivity contribution in [1.82, 2.24) is 5.16 Å². The number of ketones is 1. The van der Waals surface area contributed by atoms with Gasteiger partial charge in [-0.1, -0.05) is 5.16 Å². The Morgan fingerprint density at radius 3 is 2.88 bits per heavy atom. The standard InChI is InChI=1S/C12H11NO4/c1-3-16-12(15)11(14)8-4-5-10-9(6-8)7(2)13-17-10/h4-6H,3H2,1-2H3. The SMILES string of the molecule is CCOC(=O)C(=O)c1ccc2onc(C)c2c1. The van der Waals surface area contributed by atoms with Crippen LogP contribution < -0.4 is 0 Å². The predicted octanol–water partition coefficient (Wildman–Crippen LogP) is 1.88. The monoisotopic (exact) mass is 233 g/mol. The number of hydrogen-bond donors (Lipinski definition) is 0. The number of carbonyl (C=O) groups excluding carboxylic acids is 2. The third-order valence-corrected chi connectivity index (χ3v) is 2.37. The molecule has 0 bridgehead atoms. The van der Waals surface area contributed by atoms with Gasteiger partial charge in [0.05, 0.1) is 12.3 Å². The summed E-state index contributed by atoms with van der Waals surface area (Å²) in [5.74, 6) is -1.50. The van der Waals surface area contributed by atoms with E-state index in [0.29, 0.717) is 11.3 Å². The largest absolute Gasteiger partial charge is 0.460 e. The number of aromatic nitrogens is 1. The summed E-state index contributed by atoms with van der Waals surface area (Å²) in [6.45, 7) is 3.60. The molecule has 2 aromatic rings. The molecule has 1 aromatic heterocycles. The lowest BCUT2D eigenvalue weighted by molar-refractivity contribution is -0.137. The van der Waals surface area contributed by atoms with Crippen molar-refractivity contribution >= 4 is 22.7 Å². The van der Waals surface area contributed by atoms with Crippen LogP contribution in [0.3, 0.4) is 0 Å². The number of rotatable bonds is 3. The first-order valence-electron chi connectivity index (χ1n) is 5.21. The van der Waals surface area contributed by atoms with Crippen LogP contribution in [-0.2, 0) is 9.53 Å². The maximum atomic E-state index is 11.7. The van der Waals surface area contributed by atoms with Crippen molar-refractivity contribution in [2.24, 2.45) is 0 Å². The van der Waals surface area contributed by atoms with E-state index in [1.807, 2.05) is 0 Å². The fourth-order valence-electron chi connectivity index (χ4n) is 1.51. The topological polar surface area (TPSA) is 69.4 Å². The summed E-state index contributed by atoms with van der Waals surface area (Å²) < 4.78 is 9.67. The van der Waals surface area contributed by atoms with Gasteiger partial charge >= 0.3 is 5.97 Å². The van der Waals surface area contributed by atoms with Gasteiger partial charge in [0, 0.05) is 10.9 Å². The van der Waals surface area contributed by atoms with Gasteiger partial charge in [-0.05, 0) is 32.0 Å². The molecular weight excluding hydrogens is 222 g/mol. The predicted molar refractivity (Wildman–Crippen MR) is 59.7 cm³/mol. The van der Waals surface area contributed by atoms with Crippen molar-refractivity contribution in [1.29, 1.82) is 0 Å². The highest BCUT2D eigenvalue weighted by molar-refractivity contribution is 6.40. The zero-order chi connectivity index (χ0) is 12.4. The molecule has 0 aliphatic carbocycles. The van der Waals surface area contributed by atoms with Gasteiger partial charge in [0.15, 0.2) is 5.58 Å². The molecule has 0 spiro atoms. The molecule has 17 heavy (non-hydrogen) atoms. The van der Waals surface area contributed by atoms with Gasteiger partial charge in [0.2, 0.25) is 0 Å². The Morgan fingerprint density at radius 2 is 2.18 bits per heavy atom. The molecule has 0 aliphatic rings. The van der Waals surface area contributed by atoms with Crippen LogP contribution >= 0.6 is 0 Å². The number of fused-ring (bicyclic) bond motifs is 1. The number of ether oxygens (including phenoxy) is 1. The van der Waals surface area contributed by atoms with Gasteiger partial charge < -0.3 is 9.26 Å². The first-order chi connectivity index (χ1) is 8.13. The molecule has 5 nitrogen and oxygen atoms in total. The summed E-state index contributed by atoms with van der Waals surface area (Å²) in [4.78, 5) is 23.0. The van der Waals surface area contributed by atoms with Crippen LogP contribution in [0.25, 0.3) is 11.0 Å². The minimum atomic E-state index is -0.846. The Labute approximate surface area is 97.3 Å². The van der Waals surface area contributed by atoms with E-state index >= 15 is 0 Å². The second kappa shape index (κ2) is 4.37. The fraction of sp³-hybridized carbons (Fsp3) is 0.250. The van der Waals surface area contributed by atoms with E-state index in [1.54, 1.807) is 26.0 Å². The van der Waals surface area contributed by atoms with Crippen molar-refractivity contribution in [3.05, 3.63) is 29.5 Å². The van der Waals surface area contributed by atoms with Gasteiger partial charge in [-0.3, -0.25) is 4.79 Å². The van der Waals surface area contributed by atoms with Crippen LogP contribution in [0.2, 0.25) is 0 Å². The third kappa shape index (κ3) is 2.04. The number of carbonyl (C=O) groups is 2. The van der Waals surface area contributed by atoms with E-state index in [2.05, 4.69) is 9.89 Å². The van der Waals surface area contributed by atoms with Gasteiger partial charge in [0.25, 0.3) is 5.78 Å². The van der Waals surface area contributed by atoms with Gasteiger partial charge in [-0.25, -0.2) is 4.79 Å². The van der Waals surface area contributed by atoms with Crippen molar-refractivity contribution in [2.45, 2.75) is 13.8 Å². The second-order valence-electron chi connectivity index (χ2n) is 3.53. The normalized spacial score (nSPS) is 10.5. The van der Waals surface area contributed by atoms with E-state index < -0.39 is 11.8 Å². The third-order valence-electron chi connectivity index (χ3n) is 2.37. The highest BCUT2D eigenvalue weighted by Gasteiger charge is 2.18. The molecule has 0 saturated carbocycles. The van der Waals surface area contributed by atoms with Crippen LogP contribution in [-0.4, -0.2) is 23.5 Å². The summed E-state index contributed by atoms with van der Waals surface area (Å²) in [5, 5.41) is 4.50. The molecule has 5 heteroatoms. The minimum absolute atomic E-state index is 0.180. The van der Waals surface area contributed by atoms with E-state index in [0.717, 1.165) is 5.39 Å². The lowest BCUT2D eigenvalue weighted by Crippen LogP contribution is -2.17. The van der Waals surface area contributed by atoms with E-state index in [9.17, 15) is 9.59 Å². The van der Waals surface area contributed by atoms with Crippen molar-refractivity contribution < 1.29 is 18.8 Å². The van der Waals surface area contributed by atoms with Gasteiger partial charge in [-0.15, -0.1) is 0 Å². The van der Waals surface area contributed by atoms with Crippen LogP contribution in [0.1, 0.15) is 23.0 Å². The molecule has 0 fully saturated rings. The first kappa shape index (κ1) is 11.3. The average molecular weight is 233 g/mol. The molecule has 88 valence electrons. The first-order valence-corrected chi connectivity index (χ1v) is 5.21. The van der Waals surface area contributed by atoms with Crippen LogP contribution in [0.15, 0.2) is 22.7 Å². The zero-order valence-electron chi connectivity index (χ0n) is 9.52. The summed E-state index contributed by atoms with van der Waals surface area (Å²) in [5.41, 5.74) is 1.55. The molecule has 0 radical (unpaired) electrons. The smallest absolute Gasteiger partial charge is 0.379 e. The number of nitrogens with zero attached hydrogens (tertiary/aromatic N) is 1. The van der Waals surface area contributed by atoms with Crippen LogP contribution in [0, 0.1) is 6.92 Å². The highest BCUT2D eigenvalue weighted by Crippen LogP contribution is 2.19. The highest BCUT2D eigenvalue weighted by atomic mass is 16.5. The molecule has 0 amide bonds. The van der Waals surface area contributed by atoms with Crippen LogP contribution in [0.5, 0.6) is 0 Å². The number of benzene rings is 1. The molecule has 1 aromatic carbocycles. The summed E-state index contributed by atoms with van der Waals surface area (Å²) >= 11 is 0. The summed E-state index contributed by atoms with van der Waals surface area (Å²) in [6, 6.07) is 4.72. The lowest BCUT2D eigenvalue weighted by Gasteiger charge is -2.00. The number of esters is 1. The fourth-order valence-corrected chi connectivity index (χ4v) is 1.51. The van der Waals surface area contributed by atoms with Crippen molar-refractivity contribution in [2.75, 3.05) is 6.61 Å². The van der Waals surface area contributed by atoms with Gasteiger partial charge in [-0.2, -0.15) is 0 Å². The van der Waals surface area contributed by atoms with Crippen LogP contribution in [0.4, 0.5) is 0 Å². The Bertz CT molecular complexity index is 585. The quantitative estimate of drug-likeness (QED) is 0.460. The number of hydrogen-bond acceptors (Lipinski definition) is 5. The minimum Gasteiger partial charge on any atom is -0.460 e.